The molecule has 1 aromatic heterocycles. The van der Waals surface area contributed by atoms with Gasteiger partial charge in [0, 0.05) is 18.7 Å². The van der Waals surface area contributed by atoms with Crippen LogP contribution in [0.15, 0.2) is 16.7 Å². The topological polar surface area (TPSA) is 28.4 Å². The van der Waals surface area contributed by atoms with Gasteiger partial charge in [-0.1, -0.05) is 13.8 Å². The highest BCUT2D eigenvalue weighted by Gasteiger charge is 2.33. The molecule has 1 aromatic rings. The molecule has 1 fully saturated rings. The first-order chi connectivity index (χ1) is 8.70. The molecule has 0 aromatic carbocycles. The fourth-order valence-electron chi connectivity index (χ4n) is 2.45. The fourth-order valence-corrected chi connectivity index (χ4v) is 2.45. The molecule has 2 atom stereocenters. The lowest BCUT2D eigenvalue weighted by Crippen LogP contribution is -2.22. The number of nitrogens with zero attached hydrogens (tertiary/aromatic N) is 1. The molecule has 3 nitrogen and oxygen atoms in total. The highest BCUT2D eigenvalue weighted by molar-refractivity contribution is 5.16. The third kappa shape index (κ3) is 3.85. The van der Waals surface area contributed by atoms with E-state index in [2.05, 4.69) is 37.2 Å². The van der Waals surface area contributed by atoms with Crippen molar-refractivity contribution in [3.63, 3.8) is 0 Å². The van der Waals surface area contributed by atoms with Gasteiger partial charge in [-0.3, -0.25) is 0 Å². The second kappa shape index (κ2) is 6.39. The Labute approximate surface area is 111 Å². The van der Waals surface area contributed by atoms with Crippen LogP contribution < -0.4 is 5.32 Å². The zero-order chi connectivity index (χ0) is 13.0. The molecule has 1 heterocycles. The monoisotopic (exact) mass is 250 g/mol. The Balaban J connectivity index is 1.78. The Morgan fingerprint density at radius 3 is 2.94 bits per heavy atom. The van der Waals surface area contributed by atoms with E-state index in [4.69, 9.17) is 4.42 Å². The van der Waals surface area contributed by atoms with Gasteiger partial charge in [0.25, 0.3) is 0 Å². The van der Waals surface area contributed by atoms with Crippen molar-refractivity contribution in [3.05, 3.63) is 23.7 Å². The van der Waals surface area contributed by atoms with Crippen LogP contribution in [0.2, 0.25) is 0 Å². The normalized spacial score (nSPS) is 22.7. The molecule has 0 saturated heterocycles. The van der Waals surface area contributed by atoms with Crippen molar-refractivity contribution in [3.8, 4) is 0 Å². The highest BCUT2D eigenvalue weighted by atomic mass is 16.3. The van der Waals surface area contributed by atoms with Crippen LogP contribution in [-0.4, -0.2) is 25.0 Å². The van der Waals surface area contributed by atoms with E-state index in [1.807, 2.05) is 6.26 Å². The maximum Gasteiger partial charge on any atom is 0.122 e. The molecule has 1 saturated carbocycles. The molecule has 1 N–H and O–H groups in total. The second-order valence-corrected chi connectivity index (χ2v) is 5.72. The highest BCUT2D eigenvalue weighted by Crippen LogP contribution is 2.38. The van der Waals surface area contributed by atoms with Crippen LogP contribution in [0, 0.1) is 11.8 Å². The van der Waals surface area contributed by atoms with Gasteiger partial charge in [0.1, 0.15) is 5.76 Å². The molecule has 0 amide bonds. The molecule has 1 aliphatic carbocycles. The van der Waals surface area contributed by atoms with Crippen LogP contribution in [0.5, 0.6) is 0 Å². The fraction of sp³-hybridized carbons (Fsp3) is 0.733. The van der Waals surface area contributed by atoms with Gasteiger partial charge in [-0.25, -0.2) is 0 Å². The first-order valence-electron chi connectivity index (χ1n) is 7.15. The van der Waals surface area contributed by atoms with Crippen LogP contribution >= 0.6 is 0 Å². The predicted molar refractivity (Wildman–Crippen MR) is 74.3 cm³/mol. The quantitative estimate of drug-likeness (QED) is 0.719. The van der Waals surface area contributed by atoms with E-state index in [-0.39, 0.29) is 0 Å². The van der Waals surface area contributed by atoms with E-state index < -0.39 is 0 Å². The second-order valence-electron chi connectivity index (χ2n) is 5.72. The largest absolute Gasteiger partial charge is 0.468 e. The minimum absolute atomic E-state index is 0.851. The standard InChI is InChI=1S/C15H26N2O/c1-4-6-16-9-15-13(5-7-18-15)10-17(3)11-14-8-12(14)2/h5,7,12,14,16H,4,6,8-11H2,1-3H3. The van der Waals surface area contributed by atoms with Gasteiger partial charge >= 0.3 is 0 Å². The zero-order valence-corrected chi connectivity index (χ0v) is 11.9. The average Bonchev–Trinajstić information content (AvgIpc) is 2.85. The summed E-state index contributed by atoms with van der Waals surface area (Å²) in [5, 5.41) is 3.40. The van der Waals surface area contributed by atoms with E-state index in [0.29, 0.717) is 0 Å². The van der Waals surface area contributed by atoms with Crippen molar-refractivity contribution >= 4 is 0 Å². The summed E-state index contributed by atoms with van der Waals surface area (Å²) in [6.07, 6.45) is 4.38. The number of hydrogen-bond acceptors (Lipinski definition) is 3. The summed E-state index contributed by atoms with van der Waals surface area (Å²) in [4.78, 5) is 2.42. The SMILES string of the molecule is CCCNCc1occc1CN(C)CC1CC1C. The van der Waals surface area contributed by atoms with Gasteiger partial charge in [0.05, 0.1) is 12.8 Å². The Bertz CT molecular complexity index is 361. The summed E-state index contributed by atoms with van der Waals surface area (Å²) < 4.78 is 5.56. The van der Waals surface area contributed by atoms with Crippen LogP contribution in [0.1, 0.15) is 38.0 Å². The molecular weight excluding hydrogens is 224 g/mol. The molecule has 3 heteroatoms. The molecule has 1 aliphatic rings. The molecule has 2 unspecified atom stereocenters. The summed E-state index contributed by atoms with van der Waals surface area (Å²) in [7, 11) is 2.21. The Kier molecular flexibility index (Phi) is 4.84. The lowest BCUT2D eigenvalue weighted by Gasteiger charge is -2.16. The van der Waals surface area contributed by atoms with Crippen LogP contribution in [0.25, 0.3) is 0 Å². The summed E-state index contributed by atoms with van der Waals surface area (Å²) >= 11 is 0. The Hall–Kier alpha value is -0.800. The molecule has 2 rings (SSSR count). The first kappa shape index (κ1) is 13.6. The van der Waals surface area contributed by atoms with Gasteiger partial charge in [0.2, 0.25) is 0 Å². The Morgan fingerprint density at radius 1 is 1.50 bits per heavy atom. The number of furan rings is 1. The number of hydrogen-bond donors (Lipinski definition) is 1. The molecule has 0 spiro atoms. The average molecular weight is 250 g/mol. The van der Waals surface area contributed by atoms with Crippen molar-refractivity contribution < 1.29 is 4.42 Å². The van der Waals surface area contributed by atoms with Gasteiger partial charge < -0.3 is 14.6 Å². The van der Waals surface area contributed by atoms with Crippen molar-refractivity contribution in [2.45, 2.75) is 39.8 Å². The summed E-state index contributed by atoms with van der Waals surface area (Å²) in [5.74, 6) is 2.95. The smallest absolute Gasteiger partial charge is 0.122 e. The maximum absolute atomic E-state index is 5.56. The van der Waals surface area contributed by atoms with E-state index in [1.54, 1.807) is 0 Å². The van der Waals surface area contributed by atoms with E-state index in [9.17, 15) is 0 Å². The van der Waals surface area contributed by atoms with Crippen molar-refractivity contribution in [2.75, 3.05) is 20.1 Å². The van der Waals surface area contributed by atoms with Crippen LogP contribution in [-0.2, 0) is 13.1 Å². The molecular formula is C15H26N2O. The summed E-state index contributed by atoms with van der Waals surface area (Å²) in [6.45, 7) is 8.65. The predicted octanol–water partition coefficient (Wildman–Crippen LogP) is 2.87. The lowest BCUT2D eigenvalue weighted by molar-refractivity contribution is 0.304. The number of rotatable bonds is 8. The van der Waals surface area contributed by atoms with Crippen molar-refractivity contribution in [1.82, 2.24) is 10.2 Å². The van der Waals surface area contributed by atoms with Crippen LogP contribution in [0.3, 0.4) is 0 Å². The minimum atomic E-state index is 0.851. The van der Waals surface area contributed by atoms with Gasteiger partial charge in [0.15, 0.2) is 0 Å². The molecule has 0 bridgehead atoms. The third-order valence-electron chi connectivity index (χ3n) is 3.81. The summed E-state index contributed by atoms with van der Waals surface area (Å²) in [6, 6.07) is 2.11. The molecule has 18 heavy (non-hydrogen) atoms. The van der Waals surface area contributed by atoms with Crippen molar-refractivity contribution in [2.24, 2.45) is 11.8 Å². The van der Waals surface area contributed by atoms with E-state index in [1.165, 1.54) is 18.5 Å². The van der Waals surface area contributed by atoms with E-state index in [0.717, 1.165) is 43.7 Å². The third-order valence-corrected chi connectivity index (χ3v) is 3.81. The molecule has 0 aliphatic heterocycles. The van der Waals surface area contributed by atoms with Gasteiger partial charge in [-0.05, 0) is 44.3 Å². The molecule has 0 radical (unpaired) electrons. The minimum Gasteiger partial charge on any atom is -0.468 e. The van der Waals surface area contributed by atoms with Crippen LogP contribution in [0.4, 0.5) is 0 Å². The van der Waals surface area contributed by atoms with E-state index >= 15 is 0 Å². The van der Waals surface area contributed by atoms with Crippen molar-refractivity contribution in [1.29, 1.82) is 0 Å². The zero-order valence-electron chi connectivity index (χ0n) is 11.9. The first-order valence-corrected chi connectivity index (χ1v) is 7.15. The lowest BCUT2D eigenvalue weighted by atomic mass is 10.2. The Morgan fingerprint density at radius 2 is 2.28 bits per heavy atom. The van der Waals surface area contributed by atoms with Gasteiger partial charge in [-0.15, -0.1) is 0 Å². The summed E-state index contributed by atoms with van der Waals surface area (Å²) in [5.41, 5.74) is 1.33. The molecule has 102 valence electrons. The maximum atomic E-state index is 5.56. The van der Waals surface area contributed by atoms with Gasteiger partial charge in [-0.2, -0.15) is 0 Å². The number of nitrogens with one attached hydrogen (secondary N) is 1.